The summed E-state index contributed by atoms with van der Waals surface area (Å²) < 4.78 is 46.2. The first-order chi connectivity index (χ1) is 15.4. The lowest BCUT2D eigenvalue weighted by Crippen LogP contribution is -2.65. The van der Waals surface area contributed by atoms with Gasteiger partial charge in [0.1, 0.15) is 16.9 Å². The van der Waals surface area contributed by atoms with Crippen molar-refractivity contribution in [3.05, 3.63) is 0 Å². The SMILES string of the molecule is CC(C)(C)OC(=O)NC1(NC(=O)OC(C)(C)C)CCNCC1.N[C@@H]1CCCN(CC(F)(F)F)C1. The van der Waals surface area contributed by atoms with Crippen LogP contribution in [0.15, 0.2) is 0 Å². The van der Waals surface area contributed by atoms with Crippen molar-refractivity contribution in [2.24, 2.45) is 5.73 Å². The van der Waals surface area contributed by atoms with Crippen LogP contribution in [-0.4, -0.2) is 78.9 Å². The van der Waals surface area contributed by atoms with Gasteiger partial charge in [-0.25, -0.2) is 9.59 Å². The number of alkyl halides is 3. The van der Waals surface area contributed by atoms with Gasteiger partial charge in [0.2, 0.25) is 0 Å². The lowest BCUT2D eigenvalue weighted by molar-refractivity contribution is -0.148. The minimum absolute atomic E-state index is 0.0823. The fraction of sp³-hybridized carbons (Fsp3) is 0.909. The first kappa shape index (κ1) is 30.2. The molecule has 5 N–H and O–H groups in total. The van der Waals surface area contributed by atoms with Gasteiger partial charge in [-0.3, -0.25) is 15.5 Å². The molecule has 0 aromatic carbocycles. The van der Waals surface area contributed by atoms with Gasteiger partial charge in [0.25, 0.3) is 0 Å². The molecule has 2 aliphatic rings. The normalized spacial score (nSPS) is 21.5. The van der Waals surface area contributed by atoms with E-state index in [1.807, 2.05) is 0 Å². The van der Waals surface area contributed by atoms with Crippen LogP contribution < -0.4 is 21.7 Å². The Balaban J connectivity index is 0.000000404. The standard InChI is InChI=1S/C15H29N3O4.C7H13F3N2/c1-13(2,3)21-11(19)17-15(7-9-16-10-8-15)18-12(20)22-14(4,5)6;8-7(9,10)5-12-3-1-2-6(11)4-12/h16H,7-10H2,1-6H3,(H,17,19)(H,18,20);6H,1-5,11H2/t;6-/m.1/s1. The van der Waals surface area contributed by atoms with Crippen LogP contribution in [0.3, 0.4) is 0 Å². The average molecular weight is 498 g/mol. The lowest BCUT2D eigenvalue weighted by atomic mass is 9.98. The largest absolute Gasteiger partial charge is 0.444 e. The number of hydrogen-bond donors (Lipinski definition) is 4. The maximum absolute atomic E-state index is 12.1. The molecule has 2 fully saturated rings. The minimum Gasteiger partial charge on any atom is -0.444 e. The average Bonchev–Trinajstić information content (AvgIpc) is 2.57. The zero-order chi connectivity index (χ0) is 26.2. The number of piperidine rings is 2. The van der Waals surface area contributed by atoms with Crippen LogP contribution >= 0.6 is 0 Å². The molecule has 0 radical (unpaired) electrons. The minimum atomic E-state index is -4.09. The van der Waals surface area contributed by atoms with E-state index < -0.39 is 41.8 Å². The monoisotopic (exact) mass is 497 g/mol. The number of nitrogens with zero attached hydrogens (tertiary/aromatic N) is 1. The summed E-state index contributed by atoms with van der Waals surface area (Å²) in [7, 11) is 0. The van der Waals surface area contributed by atoms with Crippen LogP contribution in [-0.2, 0) is 9.47 Å². The molecule has 0 aromatic heterocycles. The van der Waals surface area contributed by atoms with Crippen molar-refractivity contribution < 1.29 is 32.2 Å². The molecule has 0 aromatic rings. The highest BCUT2D eigenvalue weighted by atomic mass is 19.4. The number of hydrogen-bond acceptors (Lipinski definition) is 7. The second-order valence-electron chi connectivity index (χ2n) is 10.8. The third-order valence-corrected chi connectivity index (χ3v) is 4.88. The molecule has 1 atom stereocenters. The molecular formula is C22H42F3N5O4. The van der Waals surface area contributed by atoms with Gasteiger partial charge in [-0.2, -0.15) is 13.2 Å². The molecule has 9 nitrogen and oxygen atoms in total. The van der Waals surface area contributed by atoms with E-state index in [1.54, 1.807) is 41.5 Å². The molecule has 0 unspecified atom stereocenters. The summed E-state index contributed by atoms with van der Waals surface area (Å²) in [4.78, 5) is 25.5. The number of ether oxygens (including phenoxy) is 2. The molecule has 0 bridgehead atoms. The number of nitrogens with two attached hydrogens (primary N) is 1. The van der Waals surface area contributed by atoms with Gasteiger partial charge < -0.3 is 20.5 Å². The van der Waals surface area contributed by atoms with Crippen molar-refractivity contribution in [2.75, 3.05) is 32.7 Å². The molecule has 0 aliphatic carbocycles. The quantitative estimate of drug-likeness (QED) is 0.443. The number of alkyl carbamates (subject to hydrolysis) is 2. The van der Waals surface area contributed by atoms with Crippen molar-refractivity contribution >= 4 is 12.2 Å². The molecule has 2 amide bonds. The fourth-order valence-electron chi connectivity index (χ4n) is 3.62. The Labute approximate surface area is 200 Å². The second-order valence-corrected chi connectivity index (χ2v) is 10.8. The second kappa shape index (κ2) is 12.3. The molecule has 2 heterocycles. The molecule has 2 rings (SSSR count). The van der Waals surface area contributed by atoms with Crippen molar-refractivity contribution in [3.8, 4) is 0 Å². The molecule has 34 heavy (non-hydrogen) atoms. The lowest BCUT2D eigenvalue weighted by Gasteiger charge is -2.39. The van der Waals surface area contributed by atoms with Crippen LogP contribution in [0, 0.1) is 0 Å². The number of carbonyl (C=O) groups excluding carboxylic acids is 2. The Morgan fingerprint density at radius 2 is 1.47 bits per heavy atom. The van der Waals surface area contributed by atoms with E-state index in [2.05, 4.69) is 16.0 Å². The van der Waals surface area contributed by atoms with Crippen LogP contribution in [0.2, 0.25) is 0 Å². The highest BCUT2D eigenvalue weighted by Gasteiger charge is 2.38. The number of amides is 2. The zero-order valence-corrected chi connectivity index (χ0v) is 21.2. The van der Waals surface area contributed by atoms with Gasteiger partial charge in [0, 0.05) is 25.4 Å². The van der Waals surface area contributed by atoms with Gasteiger partial charge in [-0.1, -0.05) is 0 Å². The predicted octanol–water partition coefficient (Wildman–Crippen LogP) is 3.09. The maximum Gasteiger partial charge on any atom is 0.409 e. The van der Waals surface area contributed by atoms with E-state index in [1.165, 1.54) is 4.90 Å². The number of likely N-dealkylation sites (tertiary alicyclic amines) is 1. The third kappa shape index (κ3) is 13.8. The van der Waals surface area contributed by atoms with E-state index in [0.717, 1.165) is 12.8 Å². The van der Waals surface area contributed by atoms with Crippen LogP contribution in [0.4, 0.5) is 22.8 Å². The van der Waals surface area contributed by atoms with E-state index in [0.29, 0.717) is 39.0 Å². The number of rotatable bonds is 3. The molecule has 2 saturated heterocycles. The van der Waals surface area contributed by atoms with Gasteiger partial charge in [-0.05, 0) is 74.0 Å². The van der Waals surface area contributed by atoms with Crippen LogP contribution in [0.25, 0.3) is 0 Å². The summed E-state index contributed by atoms with van der Waals surface area (Å²) in [6.07, 6.45) is -2.45. The van der Waals surface area contributed by atoms with Gasteiger partial charge in [-0.15, -0.1) is 0 Å². The van der Waals surface area contributed by atoms with E-state index in [-0.39, 0.29) is 6.04 Å². The number of halogens is 3. The van der Waals surface area contributed by atoms with Gasteiger partial charge in [0.05, 0.1) is 6.54 Å². The first-order valence-electron chi connectivity index (χ1n) is 11.7. The van der Waals surface area contributed by atoms with Gasteiger partial charge >= 0.3 is 18.4 Å². The summed E-state index contributed by atoms with van der Waals surface area (Å²) >= 11 is 0. The van der Waals surface area contributed by atoms with Crippen molar-refractivity contribution in [2.45, 2.75) is 96.3 Å². The summed E-state index contributed by atoms with van der Waals surface area (Å²) in [6, 6.07) is -0.0823. The van der Waals surface area contributed by atoms with Crippen molar-refractivity contribution in [1.82, 2.24) is 20.9 Å². The zero-order valence-electron chi connectivity index (χ0n) is 21.2. The van der Waals surface area contributed by atoms with E-state index >= 15 is 0 Å². The molecule has 0 spiro atoms. The Hall–Kier alpha value is -1.79. The Morgan fingerprint density at radius 3 is 1.85 bits per heavy atom. The van der Waals surface area contributed by atoms with Crippen molar-refractivity contribution in [1.29, 1.82) is 0 Å². The number of nitrogens with one attached hydrogen (secondary N) is 3. The highest BCUT2D eigenvalue weighted by molar-refractivity contribution is 5.72. The smallest absolute Gasteiger partial charge is 0.409 e. The van der Waals surface area contributed by atoms with Crippen LogP contribution in [0.5, 0.6) is 0 Å². The predicted molar refractivity (Wildman–Crippen MR) is 123 cm³/mol. The van der Waals surface area contributed by atoms with Gasteiger partial charge in [0.15, 0.2) is 0 Å². The maximum atomic E-state index is 12.1. The summed E-state index contributed by atoms with van der Waals surface area (Å²) in [5, 5.41) is 8.78. The molecule has 2 aliphatic heterocycles. The number of carbonyl (C=O) groups is 2. The summed E-state index contributed by atoms with van der Waals surface area (Å²) in [6.45, 7) is 12.2. The summed E-state index contributed by atoms with van der Waals surface area (Å²) in [5.41, 5.74) is 3.50. The molecule has 12 heteroatoms. The van der Waals surface area contributed by atoms with E-state index in [4.69, 9.17) is 15.2 Å². The fourth-order valence-corrected chi connectivity index (χ4v) is 3.62. The molecule has 0 saturated carbocycles. The Morgan fingerprint density at radius 1 is 1.00 bits per heavy atom. The Bertz CT molecular complexity index is 624. The molecular weight excluding hydrogens is 455 g/mol. The highest BCUT2D eigenvalue weighted by Crippen LogP contribution is 2.20. The Kier molecular flexibility index (Phi) is 10.9. The topological polar surface area (TPSA) is 118 Å². The van der Waals surface area contributed by atoms with Crippen LogP contribution in [0.1, 0.15) is 67.2 Å². The van der Waals surface area contributed by atoms with Crippen molar-refractivity contribution in [3.63, 3.8) is 0 Å². The third-order valence-electron chi connectivity index (χ3n) is 4.88. The molecule has 200 valence electrons. The first-order valence-corrected chi connectivity index (χ1v) is 11.7. The summed E-state index contributed by atoms with van der Waals surface area (Å²) in [5.74, 6) is 0. The van der Waals surface area contributed by atoms with E-state index in [9.17, 15) is 22.8 Å².